The van der Waals surface area contributed by atoms with Gasteiger partial charge in [-0.25, -0.2) is 4.68 Å². The molecule has 1 fully saturated rings. The number of carbonyl (C=O) groups is 1. The summed E-state index contributed by atoms with van der Waals surface area (Å²) in [7, 11) is 0. The van der Waals surface area contributed by atoms with Gasteiger partial charge in [0.1, 0.15) is 11.4 Å². The minimum Gasteiger partial charge on any atom is -0.363 e. The van der Waals surface area contributed by atoms with Crippen molar-refractivity contribution in [2.45, 2.75) is 38.4 Å². The molecule has 0 spiro atoms. The number of amides is 1. The predicted octanol–water partition coefficient (Wildman–Crippen LogP) is 4.13. The summed E-state index contributed by atoms with van der Waals surface area (Å²) in [4.78, 5) is 17.9. The van der Waals surface area contributed by atoms with E-state index in [1.807, 2.05) is 21.7 Å². The molecule has 3 heterocycles. The van der Waals surface area contributed by atoms with Gasteiger partial charge in [-0.1, -0.05) is 60.7 Å². The Morgan fingerprint density at radius 2 is 1.66 bits per heavy atom. The first kappa shape index (κ1) is 20.8. The molecule has 1 aromatic heterocycles. The van der Waals surface area contributed by atoms with Crippen LogP contribution in [0.3, 0.4) is 0 Å². The van der Waals surface area contributed by atoms with Crippen LogP contribution in [0.1, 0.15) is 47.8 Å². The standard InChI is InChI=1S/C26H31N5O/c1-26(2)17-23(21-11-7-4-8-12-21)28-24-22(18-27-31(24)26)25(32)30-15-13-29(14-16-30)19-20-9-5-3-6-10-20/h3-12,18,23,28H,13-17,19H2,1-2H3. The molecule has 3 aromatic rings. The minimum atomic E-state index is -0.173. The normalized spacial score (nSPS) is 20.4. The Labute approximate surface area is 189 Å². The van der Waals surface area contributed by atoms with Crippen molar-refractivity contribution in [1.82, 2.24) is 19.6 Å². The highest BCUT2D eigenvalue weighted by Crippen LogP contribution is 2.40. The molecule has 0 bridgehead atoms. The van der Waals surface area contributed by atoms with Crippen molar-refractivity contribution < 1.29 is 4.79 Å². The fourth-order valence-electron chi connectivity index (χ4n) is 4.91. The quantitative estimate of drug-likeness (QED) is 0.678. The summed E-state index contributed by atoms with van der Waals surface area (Å²) >= 11 is 0. The second-order valence-electron chi connectivity index (χ2n) is 9.50. The van der Waals surface area contributed by atoms with Gasteiger partial charge in [0, 0.05) is 32.7 Å². The molecule has 2 aliphatic rings. The van der Waals surface area contributed by atoms with E-state index in [1.54, 1.807) is 6.20 Å². The maximum absolute atomic E-state index is 13.5. The number of piperazine rings is 1. The summed E-state index contributed by atoms with van der Waals surface area (Å²) in [6.07, 6.45) is 2.66. The SMILES string of the molecule is CC1(C)CC(c2ccccc2)Nc2c(C(=O)N3CCN(Cc4ccccc4)CC3)cnn21. The summed E-state index contributed by atoms with van der Waals surface area (Å²) in [5.74, 6) is 0.912. The van der Waals surface area contributed by atoms with Gasteiger partial charge in [0.25, 0.3) is 5.91 Å². The van der Waals surface area contributed by atoms with E-state index in [0.717, 1.165) is 45.0 Å². The predicted molar refractivity (Wildman–Crippen MR) is 127 cm³/mol. The molecule has 1 N–H and O–H groups in total. The number of aromatic nitrogens is 2. The van der Waals surface area contributed by atoms with Crippen LogP contribution in [-0.2, 0) is 12.1 Å². The van der Waals surface area contributed by atoms with Crippen LogP contribution >= 0.6 is 0 Å². The first-order chi connectivity index (χ1) is 15.5. The van der Waals surface area contributed by atoms with E-state index in [1.165, 1.54) is 11.1 Å². The summed E-state index contributed by atoms with van der Waals surface area (Å²) in [6, 6.07) is 21.1. The Bertz CT molecular complexity index is 1070. The zero-order valence-corrected chi connectivity index (χ0v) is 18.9. The number of nitrogens with one attached hydrogen (secondary N) is 1. The van der Waals surface area contributed by atoms with Gasteiger partial charge in [0.15, 0.2) is 0 Å². The second-order valence-corrected chi connectivity index (χ2v) is 9.50. The average molecular weight is 430 g/mol. The van der Waals surface area contributed by atoms with E-state index in [0.29, 0.717) is 5.56 Å². The number of rotatable bonds is 4. The number of anilines is 1. The van der Waals surface area contributed by atoms with E-state index in [-0.39, 0.29) is 17.5 Å². The topological polar surface area (TPSA) is 53.4 Å². The van der Waals surface area contributed by atoms with Gasteiger partial charge in [-0.3, -0.25) is 9.69 Å². The zero-order chi connectivity index (χ0) is 22.1. The molecule has 2 aromatic carbocycles. The number of hydrogen-bond acceptors (Lipinski definition) is 4. The average Bonchev–Trinajstić information content (AvgIpc) is 3.25. The highest BCUT2D eigenvalue weighted by molar-refractivity contribution is 5.99. The van der Waals surface area contributed by atoms with Crippen molar-refractivity contribution >= 4 is 11.7 Å². The Kier molecular flexibility index (Phi) is 5.47. The van der Waals surface area contributed by atoms with Gasteiger partial charge >= 0.3 is 0 Å². The number of hydrogen-bond donors (Lipinski definition) is 1. The Morgan fingerprint density at radius 1 is 1.00 bits per heavy atom. The summed E-state index contributed by atoms with van der Waals surface area (Å²) in [5.41, 5.74) is 3.06. The van der Waals surface area contributed by atoms with E-state index in [9.17, 15) is 4.79 Å². The van der Waals surface area contributed by atoms with Gasteiger partial charge in [-0.15, -0.1) is 0 Å². The molecule has 0 saturated carbocycles. The molecule has 6 heteroatoms. The van der Waals surface area contributed by atoms with Crippen LogP contribution in [0.4, 0.5) is 5.82 Å². The third-order valence-corrected chi connectivity index (χ3v) is 6.70. The lowest BCUT2D eigenvalue weighted by Crippen LogP contribution is -2.48. The van der Waals surface area contributed by atoms with Gasteiger partial charge in [0.05, 0.1) is 17.8 Å². The Balaban J connectivity index is 1.30. The van der Waals surface area contributed by atoms with Gasteiger partial charge < -0.3 is 10.2 Å². The van der Waals surface area contributed by atoms with Crippen molar-refractivity contribution in [2.24, 2.45) is 0 Å². The molecular formula is C26H31N5O. The number of benzene rings is 2. The highest BCUT2D eigenvalue weighted by atomic mass is 16.2. The van der Waals surface area contributed by atoms with Gasteiger partial charge in [-0.05, 0) is 31.4 Å². The van der Waals surface area contributed by atoms with E-state index >= 15 is 0 Å². The lowest BCUT2D eigenvalue weighted by molar-refractivity contribution is 0.0629. The molecule has 0 radical (unpaired) electrons. The van der Waals surface area contributed by atoms with Crippen molar-refractivity contribution in [2.75, 3.05) is 31.5 Å². The zero-order valence-electron chi connectivity index (χ0n) is 18.9. The van der Waals surface area contributed by atoms with Crippen LogP contribution in [0.5, 0.6) is 0 Å². The molecule has 32 heavy (non-hydrogen) atoms. The van der Waals surface area contributed by atoms with Crippen molar-refractivity contribution in [3.8, 4) is 0 Å². The van der Waals surface area contributed by atoms with Gasteiger partial charge in [0.2, 0.25) is 0 Å². The van der Waals surface area contributed by atoms with E-state index in [4.69, 9.17) is 0 Å². The number of nitrogens with zero attached hydrogens (tertiary/aromatic N) is 4. The number of fused-ring (bicyclic) bond motifs is 1. The molecule has 5 rings (SSSR count). The largest absolute Gasteiger partial charge is 0.363 e. The van der Waals surface area contributed by atoms with Crippen LogP contribution in [0.2, 0.25) is 0 Å². The summed E-state index contributed by atoms with van der Waals surface area (Å²) in [5, 5.41) is 8.24. The second kappa shape index (κ2) is 8.43. The molecule has 166 valence electrons. The molecule has 1 unspecified atom stereocenters. The lowest BCUT2D eigenvalue weighted by atomic mass is 9.89. The highest BCUT2D eigenvalue weighted by Gasteiger charge is 2.37. The minimum absolute atomic E-state index is 0.0719. The smallest absolute Gasteiger partial charge is 0.259 e. The van der Waals surface area contributed by atoms with Crippen LogP contribution in [-0.4, -0.2) is 51.7 Å². The third-order valence-electron chi connectivity index (χ3n) is 6.70. The van der Waals surface area contributed by atoms with Crippen LogP contribution < -0.4 is 5.32 Å². The molecule has 1 atom stereocenters. The van der Waals surface area contributed by atoms with Gasteiger partial charge in [-0.2, -0.15) is 5.10 Å². The Hall–Kier alpha value is -3.12. The van der Waals surface area contributed by atoms with Crippen molar-refractivity contribution in [3.63, 3.8) is 0 Å². The number of carbonyl (C=O) groups excluding carboxylic acids is 1. The Morgan fingerprint density at radius 3 is 2.34 bits per heavy atom. The molecule has 1 amide bonds. The molecule has 1 saturated heterocycles. The third kappa shape index (κ3) is 4.02. The maximum Gasteiger partial charge on any atom is 0.259 e. The molecular weight excluding hydrogens is 398 g/mol. The van der Waals surface area contributed by atoms with Crippen molar-refractivity contribution in [1.29, 1.82) is 0 Å². The van der Waals surface area contributed by atoms with Crippen LogP contribution in [0.25, 0.3) is 0 Å². The fraction of sp³-hybridized carbons (Fsp3) is 0.385. The van der Waals surface area contributed by atoms with E-state index < -0.39 is 0 Å². The van der Waals surface area contributed by atoms with Crippen LogP contribution in [0.15, 0.2) is 66.9 Å². The first-order valence-electron chi connectivity index (χ1n) is 11.5. The molecule has 2 aliphatic heterocycles. The first-order valence-corrected chi connectivity index (χ1v) is 11.5. The maximum atomic E-state index is 13.5. The van der Waals surface area contributed by atoms with Crippen LogP contribution in [0, 0.1) is 0 Å². The molecule has 6 nitrogen and oxygen atoms in total. The van der Waals surface area contributed by atoms with Crippen molar-refractivity contribution in [3.05, 3.63) is 83.6 Å². The fourth-order valence-corrected chi connectivity index (χ4v) is 4.91. The monoisotopic (exact) mass is 429 g/mol. The lowest BCUT2D eigenvalue weighted by Gasteiger charge is -2.39. The van der Waals surface area contributed by atoms with E-state index in [2.05, 4.69) is 77.7 Å². The molecule has 0 aliphatic carbocycles. The summed E-state index contributed by atoms with van der Waals surface area (Å²) < 4.78 is 1.99. The summed E-state index contributed by atoms with van der Waals surface area (Å²) in [6.45, 7) is 8.56.